The van der Waals surface area contributed by atoms with Crippen molar-refractivity contribution in [3.05, 3.63) is 34.1 Å². The molecule has 0 aliphatic heterocycles. The van der Waals surface area contributed by atoms with Crippen LogP contribution in [-0.4, -0.2) is 33.6 Å². The molecule has 1 aromatic carbocycles. The normalized spacial score (nSPS) is 15.7. The van der Waals surface area contributed by atoms with Gasteiger partial charge in [-0.2, -0.15) is 5.21 Å². The van der Waals surface area contributed by atoms with Gasteiger partial charge < -0.3 is 10.1 Å². The number of halogens is 1. The van der Waals surface area contributed by atoms with Gasteiger partial charge in [-0.25, -0.2) is 0 Å². The van der Waals surface area contributed by atoms with Crippen molar-refractivity contribution in [2.75, 3.05) is 7.11 Å². The van der Waals surface area contributed by atoms with Crippen LogP contribution in [0.1, 0.15) is 29.0 Å². The maximum absolute atomic E-state index is 12.3. The van der Waals surface area contributed by atoms with Gasteiger partial charge >= 0.3 is 0 Å². The molecule has 0 spiro atoms. The van der Waals surface area contributed by atoms with Gasteiger partial charge in [0.1, 0.15) is 11.3 Å². The highest BCUT2D eigenvalue weighted by Gasteiger charge is 2.49. The minimum atomic E-state index is -0.486. The topological polar surface area (TPSA) is 92.8 Å². The third-order valence-corrected chi connectivity index (χ3v) is 3.70. The molecule has 2 aromatic rings. The molecule has 1 aliphatic carbocycles. The SMILES string of the molecule is COc1cc(Br)cc(C(=O)NC2(c3nn[nH]n3)CC2)c1. The third-order valence-electron chi connectivity index (χ3n) is 3.25. The number of carbonyl (C=O) groups is 1. The fourth-order valence-electron chi connectivity index (χ4n) is 2.00. The largest absolute Gasteiger partial charge is 0.497 e. The molecule has 1 amide bonds. The summed E-state index contributed by atoms with van der Waals surface area (Å²) in [5.41, 5.74) is 0.0330. The molecule has 1 aromatic heterocycles. The number of benzene rings is 1. The molecule has 2 N–H and O–H groups in total. The summed E-state index contributed by atoms with van der Waals surface area (Å²) in [6.07, 6.45) is 1.62. The lowest BCUT2D eigenvalue weighted by Gasteiger charge is -2.14. The standard InChI is InChI=1S/C12H12BrN5O2/c1-20-9-5-7(4-8(13)6-9)10(19)14-12(2-3-12)11-15-17-18-16-11/h4-6H,2-3H2,1H3,(H,14,19)(H,15,16,17,18). The Balaban J connectivity index is 1.82. The van der Waals surface area contributed by atoms with Crippen LogP contribution in [0.3, 0.4) is 0 Å². The van der Waals surface area contributed by atoms with Gasteiger partial charge in [-0.1, -0.05) is 21.1 Å². The fraction of sp³-hybridized carbons (Fsp3) is 0.333. The second kappa shape index (κ2) is 4.86. The van der Waals surface area contributed by atoms with Crippen LogP contribution in [-0.2, 0) is 5.54 Å². The monoisotopic (exact) mass is 337 g/mol. The molecule has 20 heavy (non-hydrogen) atoms. The van der Waals surface area contributed by atoms with E-state index in [0.29, 0.717) is 17.1 Å². The van der Waals surface area contributed by atoms with Crippen molar-refractivity contribution in [1.29, 1.82) is 0 Å². The summed E-state index contributed by atoms with van der Waals surface area (Å²) in [6, 6.07) is 5.22. The zero-order valence-corrected chi connectivity index (χ0v) is 12.3. The molecule has 0 atom stereocenters. The first-order valence-electron chi connectivity index (χ1n) is 6.04. The predicted octanol–water partition coefficient (Wildman–Crippen LogP) is 1.39. The summed E-state index contributed by atoms with van der Waals surface area (Å²) in [7, 11) is 1.56. The second-order valence-corrected chi connectivity index (χ2v) is 5.57. The van der Waals surface area contributed by atoms with Crippen LogP contribution in [0.5, 0.6) is 5.75 Å². The quantitative estimate of drug-likeness (QED) is 0.879. The fourth-order valence-corrected chi connectivity index (χ4v) is 2.47. The van der Waals surface area contributed by atoms with E-state index in [0.717, 1.165) is 17.3 Å². The second-order valence-electron chi connectivity index (χ2n) is 4.65. The van der Waals surface area contributed by atoms with Crippen molar-refractivity contribution in [1.82, 2.24) is 25.9 Å². The molecule has 1 aliphatic rings. The van der Waals surface area contributed by atoms with Crippen molar-refractivity contribution in [2.24, 2.45) is 0 Å². The number of carbonyl (C=O) groups excluding carboxylic acids is 1. The van der Waals surface area contributed by atoms with Crippen LogP contribution >= 0.6 is 15.9 Å². The van der Waals surface area contributed by atoms with E-state index in [-0.39, 0.29) is 5.91 Å². The molecular weight excluding hydrogens is 326 g/mol. The maximum Gasteiger partial charge on any atom is 0.252 e. The lowest BCUT2D eigenvalue weighted by Crippen LogP contribution is -2.35. The number of aromatic nitrogens is 4. The Bertz CT molecular complexity index is 639. The summed E-state index contributed by atoms with van der Waals surface area (Å²) in [6.45, 7) is 0. The highest BCUT2D eigenvalue weighted by atomic mass is 79.9. The minimum absolute atomic E-state index is 0.188. The number of ether oxygens (including phenoxy) is 1. The van der Waals surface area contributed by atoms with Gasteiger partial charge in [0, 0.05) is 10.0 Å². The van der Waals surface area contributed by atoms with Gasteiger partial charge in [0.25, 0.3) is 5.91 Å². The Labute approximate surface area is 123 Å². The third kappa shape index (κ3) is 2.38. The molecule has 0 radical (unpaired) electrons. The Hall–Kier alpha value is -1.96. The molecule has 3 rings (SSSR count). The number of aromatic amines is 1. The molecule has 7 nitrogen and oxygen atoms in total. The maximum atomic E-state index is 12.3. The highest BCUT2D eigenvalue weighted by Crippen LogP contribution is 2.43. The summed E-state index contributed by atoms with van der Waals surface area (Å²) >= 11 is 3.36. The number of H-pyrrole nitrogens is 1. The van der Waals surface area contributed by atoms with Gasteiger partial charge in [-0.05, 0) is 31.0 Å². The van der Waals surface area contributed by atoms with Crippen molar-refractivity contribution in [3.8, 4) is 5.75 Å². The first-order chi connectivity index (χ1) is 9.63. The Morgan fingerprint density at radius 1 is 1.45 bits per heavy atom. The van der Waals surface area contributed by atoms with Gasteiger partial charge in [-0.3, -0.25) is 4.79 Å². The Morgan fingerprint density at radius 2 is 2.25 bits per heavy atom. The molecule has 0 saturated heterocycles. The zero-order valence-electron chi connectivity index (χ0n) is 10.7. The van der Waals surface area contributed by atoms with Crippen LogP contribution in [0.25, 0.3) is 0 Å². The molecule has 1 heterocycles. The molecule has 1 saturated carbocycles. The van der Waals surface area contributed by atoms with Gasteiger partial charge in [-0.15, -0.1) is 10.2 Å². The van der Waals surface area contributed by atoms with E-state index in [2.05, 4.69) is 41.9 Å². The van der Waals surface area contributed by atoms with Crippen LogP contribution in [0, 0.1) is 0 Å². The van der Waals surface area contributed by atoms with E-state index < -0.39 is 5.54 Å². The summed E-state index contributed by atoms with van der Waals surface area (Å²) < 4.78 is 5.94. The van der Waals surface area contributed by atoms with Crippen molar-refractivity contribution >= 4 is 21.8 Å². The molecule has 0 unspecified atom stereocenters. The molecule has 104 valence electrons. The van der Waals surface area contributed by atoms with Crippen LogP contribution in [0.15, 0.2) is 22.7 Å². The first-order valence-corrected chi connectivity index (χ1v) is 6.83. The van der Waals surface area contributed by atoms with Gasteiger partial charge in [0.15, 0.2) is 5.82 Å². The lowest BCUT2D eigenvalue weighted by atomic mass is 10.1. The van der Waals surface area contributed by atoms with Crippen LogP contribution < -0.4 is 10.1 Å². The summed E-state index contributed by atoms with van der Waals surface area (Å²) in [4.78, 5) is 12.3. The minimum Gasteiger partial charge on any atom is -0.497 e. The molecule has 0 bridgehead atoms. The van der Waals surface area contributed by atoms with Crippen LogP contribution in [0.4, 0.5) is 0 Å². The predicted molar refractivity (Wildman–Crippen MR) is 73.2 cm³/mol. The average molecular weight is 338 g/mol. The first kappa shape index (κ1) is 13.0. The number of rotatable bonds is 4. The highest BCUT2D eigenvalue weighted by molar-refractivity contribution is 9.10. The van der Waals surface area contributed by atoms with Crippen LogP contribution in [0.2, 0.25) is 0 Å². The average Bonchev–Trinajstić information content (AvgIpc) is 3.01. The number of methoxy groups -OCH3 is 1. The van der Waals surface area contributed by atoms with E-state index in [9.17, 15) is 4.79 Å². The van der Waals surface area contributed by atoms with Gasteiger partial charge in [0.05, 0.1) is 7.11 Å². The van der Waals surface area contributed by atoms with E-state index in [1.54, 1.807) is 25.3 Å². The summed E-state index contributed by atoms with van der Waals surface area (Å²) in [5.74, 6) is 0.952. The summed E-state index contributed by atoms with van der Waals surface area (Å²) in [5, 5.41) is 16.8. The van der Waals surface area contributed by atoms with E-state index in [1.165, 1.54) is 0 Å². The van der Waals surface area contributed by atoms with Crippen molar-refractivity contribution in [2.45, 2.75) is 18.4 Å². The smallest absolute Gasteiger partial charge is 0.252 e. The number of tetrazole rings is 1. The number of hydrogen-bond donors (Lipinski definition) is 2. The molecular formula is C12H12BrN5O2. The number of nitrogens with zero attached hydrogens (tertiary/aromatic N) is 3. The number of nitrogens with one attached hydrogen (secondary N) is 2. The van der Waals surface area contributed by atoms with E-state index >= 15 is 0 Å². The zero-order chi connectivity index (χ0) is 14.2. The van der Waals surface area contributed by atoms with Gasteiger partial charge in [0.2, 0.25) is 0 Å². The van der Waals surface area contributed by atoms with Crippen molar-refractivity contribution in [3.63, 3.8) is 0 Å². The van der Waals surface area contributed by atoms with E-state index in [1.807, 2.05) is 0 Å². The Kier molecular flexibility index (Phi) is 3.17. The Morgan fingerprint density at radius 3 is 2.85 bits per heavy atom. The van der Waals surface area contributed by atoms with E-state index in [4.69, 9.17) is 4.74 Å². The number of hydrogen-bond acceptors (Lipinski definition) is 5. The lowest BCUT2D eigenvalue weighted by molar-refractivity contribution is 0.0928. The number of amides is 1. The van der Waals surface area contributed by atoms with Crippen molar-refractivity contribution < 1.29 is 9.53 Å². The molecule has 1 fully saturated rings. The molecule has 8 heteroatoms.